The van der Waals surface area contributed by atoms with Gasteiger partial charge in [0.15, 0.2) is 0 Å². The highest BCUT2D eigenvalue weighted by atomic mass is 32.2. The van der Waals surface area contributed by atoms with Crippen molar-refractivity contribution in [2.24, 2.45) is 0 Å². The molecule has 0 aliphatic heterocycles. The molecule has 3 heteroatoms. The van der Waals surface area contributed by atoms with E-state index in [-0.39, 0.29) is 5.91 Å². The van der Waals surface area contributed by atoms with Crippen LogP contribution in [0.25, 0.3) is 11.1 Å². The zero-order chi connectivity index (χ0) is 13.4. The van der Waals surface area contributed by atoms with Gasteiger partial charge < -0.3 is 5.32 Å². The third-order valence-corrected chi connectivity index (χ3v) is 4.19. The van der Waals surface area contributed by atoms with Gasteiger partial charge in [-0.1, -0.05) is 18.2 Å². The molecule has 0 saturated heterocycles. The third-order valence-electron chi connectivity index (χ3n) is 3.41. The minimum Gasteiger partial charge on any atom is -0.326 e. The molecule has 0 heterocycles. The minimum absolute atomic E-state index is 0.0275. The summed E-state index contributed by atoms with van der Waals surface area (Å²) in [5, 5.41) is 2.85. The maximum Gasteiger partial charge on any atom is 0.221 e. The molecule has 0 unspecified atom stereocenters. The molecule has 1 N–H and O–H groups in total. The maximum atomic E-state index is 11.1. The van der Waals surface area contributed by atoms with E-state index in [1.807, 2.05) is 6.07 Å². The molecule has 2 nitrogen and oxygen atoms in total. The summed E-state index contributed by atoms with van der Waals surface area (Å²) in [5.41, 5.74) is 6.21. The van der Waals surface area contributed by atoms with Crippen LogP contribution in [0.4, 0.5) is 5.69 Å². The number of fused-ring (bicyclic) bond motifs is 3. The lowest BCUT2D eigenvalue weighted by Gasteiger charge is -2.08. The smallest absolute Gasteiger partial charge is 0.221 e. The number of nitrogens with one attached hydrogen (secondary N) is 1. The van der Waals surface area contributed by atoms with E-state index in [0.29, 0.717) is 0 Å². The van der Waals surface area contributed by atoms with Gasteiger partial charge in [-0.15, -0.1) is 11.8 Å². The summed E-state index contributed by atoms with van der Waals surface area (Å²) in [4.78, 5) is 12.4. The number of hydrogen-bond acceptors (Lipinski definition) is 2. The number of carbonyl (C=O) groups excluding carboxylic acids is 1. The second kappa shape index (κ2) is 4.74. The Morgan fingerprint density at radius 3 is 2.79 bits per heavy atom. The monoisotopic (exact) mass is 269 g/mol. The molecule has 0 spiro atoms. The van der Waals surface area contributed by atoms with E-state index >= 15 is 0 Å². The average molecular weight is 269 g/mol. The Morgan fingerprint density at radius 2 is 2.05 bits per heavy atom. The van der Waals surface area contributed by atoms with Crippen LogP contribution in [0.3, 0.4) is 0 Å². The molecule has 1 aliphatic rings. The van der Waals surface area contributed by atoms with Crippen LogP contribution in [0.2, 0.25) is 0 Å². The summed E-state index contributed by atoms with van der Waals surface area (Å²) in [7, 11) is 0. The number of amides is 1. The number of hydrogen-bond donors (Lipinski definition) is 1. The molecule has 2 aromatic carbocycles. The van der Waals surface area contributed by atoms with Crippen LogP contribution in [0, 0.1) is 0 Å². The van der Waals surface area contributed by atoms with Crippen molar-refractivity contribution < 1.29 is 4.79 Å². The van der Waals surface area contributed by atoms with Crippen LogP contribution in [-0.4, -0.2) is 12.2 Å². The molecule has 0 radical (unpaired) electrons. The highest BCUT2D eigenvalue weighted by molar-refractivity contribution is 7.98. The fourth-order valence-corrected chi connectivity index (χ4v) is 3.33. The molecule has 0 saturated carbocycles. The van der Waals surface area contributed by atoms with Gasteiger partial charge >= 0.3 is 0 Å². The van der Waals surface area contributed by atoms with Crippen molar-refractivity contribution in [3.8, 4) is 11.1 Å². The third kappa shape index (κ3) is 2.15. The van der Waals surface area contributed by atoms with E-state index in [1.54, 1.807) is 11.8 Å². The Kier molecular flexibility index (Phi) is 3.07. The largest absolute Gasteiger partial charge is 0.326 e. The Balaban J connectivity index is 2.08. The summed E-state index contributed by atoms with van der Waals surface area (Å²) in [6.07, 6.45) is 3.06. The molecule has 1 aliphatic carbocycles. The van der Waals surface area contributed by atoms with Gasteiger partial charge in [0.25, 0.3) is 0 Å². The first-order valence-corrected chi connectivity index (χ1v) is 7.48. The normalized spacial score (nSPS) is 11.9. The van der Waals surface area contributed by atoms with Crippen LogP contribution in [0.5, 0.6) is 0 Å². The van der Waals surface area contributed by atoms with E-state index in [2.05, 4.69) is 41.9 Å². The molecule has 0 fully saturated rings. The summed E-state index contributed by atoms with van der Waals surface area (Å²) in [6, 6.07) is 12.7. The van der Waals surface area contributed by atoms with Crippen LogP contribution < -0.4 is 5.32 Å². The molecular weight excluding hydrogens is 254 g/mol. The Labute approximate surface area is 117 Å². The van der Waals surface area contributed by atoms with Gasteiger partial charge in [-0.25, -0.2) is 0 Å². The van der Waals surface area contributed by atoms with Gasteiger partial charge in [0.1, 0.15) is 0 Å². The first-order chi connectivity index (χ1) is 9.19. The Hall–Kier alpha value is -1.74. The number of benzene rings is 2. The predicted octanol–water partition coefficient (Wildman–Crippen LogP) is 3.94. The fourth-order valence-electron chi connectivity index (χ4n) is 2.67. The van der Waals surface area contributed by atoms with Crippen LogP contribution in [0.1, 0.15) is 18.1 Å². The lowest BCUT2D eigenvalue weighted by molar-refractivity contribution is -0.114. The van der Waals surface area contributed by atoms with Crippen molar-refractivity contribution in [1.82, 2.24) is 0 Å². The maximum absolute atomic E-state index is 11.1. The van der Waals surface area contributed by atoms with Gasteiger partial charge in [-0.3, -0.25) is 4.79 Å². The number of carbonyl (C=O) groups is 1. The Bertz CT molecular complexity index is 664. The van der Waals surface area contributed by atoms with Gasteiger partial charge in [-0.2, -0.15) is 0 Å². The SMILES string of the molecule is CSc1cccc2c1-c1ccc(NC(C)=O)cc1C2. The molecule has 0 aromatic heterocycles. The summed E-state index contributed by atoms with van der Waals surface area (Å²) < 4.78 is 0. The first kappa shape index (κ1) is 12.3. The second-order valence-corrected chi connectivity index (χ2v) is 5.57. The van der Waals surface area contributed by atoms with Crippen molar-refractivity contribution in [1.29, 1.82) is 0 Å². The second-order valence-electron chi connectivity index (χ2n) is 4.72. The van der Waals surface area contributed by atoms with Crippen LogP contribution >= 0.6 is 11.8 Å². The van der Waals surface area contributed by atoms with Crippen molar-refractivity contribution in [3.05, 3.63) is 47.5 Å². The van der Waals surface area contributed by atoms with Crippen molar-refractivity contribution in [2.75, 3.05) is 11.6 Å². The fraction of sp³-hybridized carbons (Fsp3) is 0.188. The summed E-state index contributed by atoms with van der Waals surface area (Å²) in [5.74, 6) is -0.0275. The highest BCUT2D eigenvalue weighted by Crippen LogP contribution is 2.42. The average Bonchev–Trinajstić information content (AvgIpc) is 2.75. The molecule has 0 atom stereocenters. The van der Waals surface area contributed by atoms with Crippen molar-refractivity contribution in [2.45, 2.75) is 18.2 Å². The zero-order valence-corrected chi connectivity index (χ0v) is 11.8. The number of anilines is 1. The minimum atomic E-state index is -0.0275. The highest BCUT2D eigenvalue weighted by Gasteiger charge is 2.21. The summed E-state index contributed by atoms with van der Waals surface area (Å²) >= 11 is 1.78. The summed E-state index contributed by atoms with van der Waals surface area (Å²) in [6.45, 7) is 1.54. The van der Waals surface area contributed by atoms with Crippen LogP contribution in [0.15, 0.2) is 41.3 Å². The predicted molar refractivity (Wildman–Crippen MR) is 80.8 cm³/mol. The van der Waals surface area contributed by atoms with E-state index in [9.17, 15) is 4.79 Å². The molecule has 0 bridgehead atoms. The van der Waals surface area contributed by atoms with E-state index < -0.39 is 0 Å². The quantitative estimate of drug-likeness (QED) is 0.714. The molecule has 2 aromatic rings. The van der Waals surface area contributed by atoms with Gasteiger partial charge in [-0.05, 0) is 53.1 Å². The van der Waals surface area contributed by atoms with E-state index in [1.165, 1.54) is 34.1 Å². The topological polar surface area (TPSA) is 29.1 Å². The lowest BCUT2D eigenvalue weighted by Crippen LogP contribution is -2.05. The number of thioether (sulfide) groups is 1. The van der Waals surface area contributed by atoms with Gasteiger partial charge in [0.2, 0.25) is 5.91 Å². The van der Waals surface area contributed by atoms with E-state index in [4.69, 9.17) is 0 Å². The molecule has 19 heavy (non-hydrogen) atoms. The van der Waals surface area contributed by atoms with Gasteiger partial charge in [0.05, 0.1) is 0 Å². The molecular formula is C16H15NOS. The lowest BCUT2D eigenvalue weighted by atomic mass is 10.1. The molecule has 1 amide bonds. The molecule has 3 rings (SSSR count). The van der Waals surface area contributed by atoms with Crippen molar-refractivity contribution >= 4 is 23.4 Å². The van der Waals surface area contributed by atoms with Crippen LogP contribution in [-0.2, 0) is 11.2 Å². The standard InChI is InChI=1S/C16H15NOS/c1-10(18)17-13-6-7-14-12(9-13)8-11-4-3-5-15(19-2)16(11)14/h3-7,9H,8H2,1-2H3,(H,17,18). The first-order valence-electron chi connectivity index (χ1n) is 6.26. The number of rotatable bonds is 2. The molecule has 96 valence electrons. The Morgan fingerprint density at radius 1 is 1.21 bits per heavy atom. The van der Waals surface area contributed by atoms with E-state index in [0.717, 1.165) is 12.1 Å². The zero-order valence-electron chi connectivity index (χ0n) is 11.0. The van der Waals surface area contributed by atoms with Gasteiger partial charge in [0, 0.05) is 17.5 Å². The van der Waals surface area contributed by atoms with Crippen molar-refractivity contribution in [3.63, 3.8) is 0 Å².